The summed E-state index contributed by atoms with van der Waals surface area (Å²) >= 11 is 0. The molecule has 2 rings (SSSR count). The van der Waals surface area contributed by atoms with Crippen LogP contribution in [0.25, 0.3) is 0 Å². The van der Waals surface area contributed by atoms with E-state index in [1.807, 2.05) is 6.08 Å². The number of benzene rings is 1. The highest BCUT2D eigenvalue weighted by molar-refractivity contribution is 5.94. The summed E-state index contributed by atoms with van der Waals surface area (Å²) in [5, 5.41) is 20.9. The molecule has 0 amide bonds. The lowest BCUT2D eigenvalue weighted by Gasteiger charge is -2.13. The first-order valence-corrected chi connectivity index (χ1v) is 13.1. The van der Waals surface area contributed by atoms with Crippen LogP contribution < -0.4 is 10.2 Å². The highest BCUT2D eigenvalue weighted by Crippen LogP contribution is 2.33. The number of methoxy groups -OCH3 is 1. The van der Waals surface area contributed by atoms with Crippen LogP contribution in [0.1, 0.15) is 26.2 Å². The van der Waals surface area contributed by atoms with Crippen LogP contribution in [0.15, 0.2) is 42.2 Å². The minimum Gasteiger partial charge on any atom is -0.495 e. The topological polar surface area (TPSA) is 125 Å². The summed E-state index contributed by atoms with van der Waals surface area (Å²) in [6, 6.07) is 5.15. The molecule has 0 saturated carbocycles. The Balaban J connectivity index is 1.84. The lowest BCUT2D eigenvalue weighted by Crippen LogP contribution is -2.74. The maximum Gasteiger partial charge on any atom is 0.361 e. The molecular weight excluding hydrogens is 496 g/mol. The zero-order valence-corrected chi connectivity index (χ0v) is 22.6. The van der Waals surface area contributed by atoms with Crippen LogP contribution in [0.4, 0.5) is 11.4 Å². The number of para-hydroxylation sites is 1. The van der Waals surface area contributed by atoms with E-state index >= 15 is 0 Å². The van der Waals surface area contributed by atoms with Gasteiger partial charge >= 0.3 is 5.69 Å². The normalized spacial score (nSPS) is 14.4. The van der Waals surface area contributed by atoms with E-state index < -0.39 is 0 Å². The van der Waals surface area contributed by atoms with Gasteiger partial charge in [0.1, 0.15) is 19.0 Å². The second-order valence-corrected chi connectivity index (χ2v) is 8.29. The molecule has 0 heterocycles. The number of hydrogen-bond donors (Lipinski definition) is 3. The quantitative estimate of drug-likeness (QED) is 0.0669. The highest BCUT2D eigenvalue weighted by atomic mass is 16.6. The Hall–Kier alpha value is -2.51. The van der Waals surface area contributed by atoms with E-state index in [1.54, 1.807) is 37.5 Å². The lowest BCUT2D eigenvalue weighted by atomic mass is 10.1. The van der Waals surface area contributed by atoms with Crippen LogP contribution in [0, 0.1) is 0 Å². The smallest absolute Gasteiger partial charge is 0.361 e. The molecule has 38 heavy (non-hydrogen) atoms. The Morgan fingerprint density at radius 1 is 0.842 bits per heavy atom. The molecule has 11 nitrogen and oxygen atoms in total. The molecule has 1 aromatic rings. The third kappa shape index (κ3) is 12.4. The monoisotopic (exact) mass is 540 g/mol. The van der Waals surface area contributed by atoms with Crippen molar-refractivity contribution in [2.24, 2.45) is 0 Å². The van der Waals surface area contributed by atoms with E-state index in [-0.39, 0.29) is 6.61 Å². The predicted molar refractivity (Wildman–Crippen MR) is 140 cm³/mol. The van der Waals surface area contributed by atoms with Crippen LogP contribution in [-0.2, 0) is 28.4 Å². The summed E-state index contributed by atoms with van der Waals surface area (Å²) < 4.78 is 39.5. The first-order chi connectivity index (χ1) is 18.7. The van der Waals surface area contributed by atoms with Gasteiger partial charge in [-0.3, -0.25) is 5.21 Å². The van der Waals surface area contributed by atoms with Crippen molar-refractivity contribution in [2.45, 2.75) is 26.2 Å². The molecule has 4 N–H and O–H groups in total. The first kappa shape index (κ1) is 31.7. The predicted octanol–water partition coefficient (Wildman–Crippen LogP) is 2.50. The zero-order chi connectivity index (χ0) is 27.3. The SMILES string of the molecule is CCCCOCCOCCOC1=CC=C/C(=[N+](\O)c2c([NH2+]O)cccc2OCCOCCOCCOC)C1. The zero-order valence-electron chi connectivity index (χ0n) is 22.6. The van der Waals surface area contributed by atoms with Gasteiger partial charge in [0, 0.05) is 30.6 Å². The number of unbranched alkanes of at least 4 members (excludes halogenated alkanes) is 1. The van der Waals surface area contributed by atoms with Gasteiger partial charge in [0.05, 0.1) is 59.3 Å². The average molecular weight is 541 g/mol. The summed E-state index contributed by atoms with van der Waals surface area (Å²) in [7, 11) is 1.62. The minimum absolute atomic E-state index is 0.261. The molecule has 0 saturated heterocycles. The Morgan fingerprint density at radius 2 is 1.47 bits per heavy atom. The molecule has 0 aromatic heterocycles. The minimum atomic E-state index is 0.261. The number of nitrogens with zero attached hydrogens (tertiary/aromatic N) is 1. The summed E-state index contributed by atoms with van der Waals surface area (Å²) in [6.07, 6.45) is 7.96. The van der Waals surface area contributed by atoms with Crippen LogP contribution >= 0.6 is 0 Å². The molecule has 0 fully saturated rings. The molecule has 1 aliphatic rings. The van der Waals surface area contributed by atoms with Gasteiger partial charge in [-0.25, -0.2) is 5.21 Å². The number of hydrogen-bond acceptors (Lipinski definition) is 9. The van der Waals surface area contributed by atoms with E-state index in [1.165, 1.54) is 0 Å². The van der Waals surface area contributed by atoms with Crippen LogP contribution in [0.5, 0.6) is 5.75 Å². The van der Waals surface area contributed by atoms with Crippen LogP contribution in [0.2, 0.25) is 0 Å². The standard InChI is InChI=1S/C27H43N2O9/c1-3-4-11-33-14-15-35-18-20-37-24-8-5-7-23(22-24)29(31)27-25(28-30)9-6-10-26(27)38-21-19-36-17-16-34-13-12-32-2/h5-10,28,30-31H,3-4,11-22H2,1-2H3/q+1/p+1/b29-23+. The molecule has 0 radical (unpaired) electrons. The number of nitrogens with two attached hydrogens (primary N) is 1. The summed E-state index contributed by atoms with van der Waals surface area (Å²) in [4.78, 5) is 0. The third-order valence-electron chi connectivity index (χ3n) is 5.40. The molecule has 0 atom stereocenters. The summed E-state index contributed by atoms with van der Waals surface area (Å²) in [5.41, 5.74) is 2.23. The lowest BCUT2D eigenvalue weighted by molar-refractivity contribution is -0.830. The van der Waals surface area contributed by atoms with Crippen molar-refractivity contribution in [3.8, 4) is 5.75 Å². The second-order valence-electron chi connectivity index (χ2n) is 8.29. The Labute approximate surface area is 225 Å². The van der Waals surface area contributed by atoms with Gasteiger partial charge in [-0.2, -0.15) is 5.48 Å². The Kier molecular flexibility index (Phi) is 17.1. The molecule has 0 aliphatic heterocycles. The van der Waals surface area contributed by atoms with Crippen molar-refractivity contribution in [3.05, 3.63) is 42.2 Å². The van der Waals surface area contributed by atoms with Gasteiger partial charge in [0.25, 0.3) is 0 Å². The molecule has 11 heteroatoms. The van der Waals surface area contributed by atoms with Crippen molar-refractivity contribution in [2.75, 3.05) is 79.8 Å². The third-order valence-corrected chi connectivity index (χ3v) is 5.40. The molecular formula is C27H44N2O9+2. The maximum atomic E-state index is 11.1. The second kappa shape index (κ2) is 20.5. The van der Waals surface area contributed by atoms with Gasteiger partial charge in [-0.1, -0.05) is 25.5 Å². The highest BCUT2D eigenvalue weighted by Gasteiger charge is 2.29. The molecule has 0 unspecified atom stereocenters. The fourth-order valence-corrected chi connectivity index (χ4v) is 3.41. The van der Waals surface area contributed by atoms with Gasteiger partial charge in [-0.05, 0) is 18.6 Å². The first-order valence-electron chi connectivity index (χ1n) is 13.1. The van der Waals surface area contributed by atoms with Gasteiger partial charge < -0.3 is 33.2 Å². The fraction of sp³-hybridized carbons (Fsp3) is 0.593. The number of ether oxygens (including phenoxy) is 7. The van der Waals surface area contributed by atoms with E-state index in [2.05, 4.69) is 6.92 Å². The number of quaternary nitrogens is 1. The summed E-state index contributed by atoms with van der Waals surface area (Å²) in [5.74, 6) is 1.10. The summed E-state index contributed by atoms with van der Waals surface area (Å²) in [6.45, 7) is 7.39. The van der Waals surface area contributed by atoms with Gasteiger partial charge in [0.15, 0.2) is 0 Å². The van der Waals surface area contributed by atoms with E-state index in [0.717, 1.165) is 29.7 Å². The van der Waals surface area contributed by atoms with Crippen molar-refractivity contribution in [3.63, 3.8) is 0 Å². The van der Waals surface area contributed by atoms with Crippen molar-refractivity contribution >= 4 is 17.1 Å². The average Bonchev–Trinajstić information content (AvgIpc) is 2.95. The molecule has 0 bridgehead atoms. The largest absolute Gasteiger partial charge is 0.495 e. The van der Waals surface area contributed by atoms with Crippen molar-refractivity contribution < 1.29 is 53.8 Å². The Morgan fingerprint density at radius 3 is 2.13 bits per heavy atom. The van der Waals surface area contributed by atoms with Crippen LogP contribution in [0.3, 0.4) is 0 Å². The maximum absolute atomic E-state index is 11.1. The number of allylic oxidation sites excluding steroid dienone is 4. The van der Waals surface area contributed by atoms with Gasteiger partial charge in [-0.15, -0.1) is 0 Å². The molecule has 1 aliphatic carbocycles. The van der Waals surface area contributed by atoms with Crippen molar-refractivity contribution in [1.29, 1.82) is 0 Å². The van der Waals surface area contributed by atoms with E-state index in [0.29, 0.717) is 94.5 Å². The molecule has 214 valence electrons. The van der Waals surface area contributed by atoms with E-state index in [9.17, 15) is 10.4 Å². The van der Waals surface area contributed by atoms with E-state index in [4.69, 9.17) is 33.2 Å². The van der Waals surface area contributed by atoms with Gasteiger partial charge in [0.2, 0.25) is 17.1 Å². The van der Waals surface area contributed by atoms with Crippen LogP contribution in [-0.4, -0.2) is 101 Å². The van der Waals surface area contributed by atoms with Crippen molar-refractivity contribution in [1.82, 2.24) is 0 Å². The Bertz CT molecular complexity index is 874. The molecule has 1 aromatic carbocycles. The fourth-order valence-electron chi connectivity index (χ4n) is 3.41. The molecule has 0 spiro atoms. The number of rotatable bonds is 22.